The number of nitrogens with one attached hydrogen (secondary N) is 2. The summed E-state index contributed by atoms with van der Waals surface area (Å²) in [5, 5.41) is 0. The van der Waals surface area contributed by atoms with Crippen LogP contribution in [0.1, 0.15) is 18.9 Å². The number of thioether (sulfide) groups is 1. The van der Waals surface area contributed by atoms with Gasteiger partial charge in [0, 0.05) is 19.9 Å². The van der Waals surface area contributed by atoms with Gasteiger partial charge in [-0.1, -0.05) is 30.0 Å². The van der Waals surface area contributed by atoms with E-state index in [-0.39, 0.29) is 31.6 Å². The number of hydrogen-bond donors (Lipinski definition) is 2. The summed E-state index contributed by atoms with van der Waals surface area (Å²) in [7, 11) is 0. The van der Waals surface area contributed by atoms with Gasteiger partial charge in [0.1, 0.15) is 4.32 Å². The van der Waals surface area contributed by atoms with Gasteiger partial charge in [-0.2, -0.15) is 0 Å². The first kappa shape index (κ1) is 18.2. The maximum Gasteiger partial charge on any atom is 0.266 e. The number of amides is 3. The van der Waals surface area contributed by atoms with Gasteiger partial charge in [0.05, 0.1) is 4.91 Å². The fraction of sp³-hybridized carbons (Fsp3) is 0.250. The lowest BCUT2D eigenvalue weighted by Gasteiger charge is -2.14. The average molecular weight is 393 g/mol. The molecule has 136 valence electrons. The monoisotopic (exact) mass is 393 g/mol. The predicted octanol–water partition coefficient (Wildman–Crippen LogP) is 1.17. The Kier molecular flexibility index (Phi) is 5.43. The van der Waals surface area contributed by atoms with E-state index in [0.29, 0.717) is 20.7 Å². The summed E-state index contributed by atoms with van der Waals surface area (Å²) < 4.78 is 11.0. The van der Waals surface area contributed by atoms with Gasteiger partial charge in [-0.3, -0.25) is 30.1 Å². The third-order valence-electron chi connectivity index (χ3n) is 3.51. The Balaban J connectivity index is 1.63. The van der Waals surface area contributed by atoms with Crippen molar-refractivity contribution in [1.29, 1.82) is 0 Å². The minimum Gasteiger partial charge on any atom is -0.454 e. The molecule has 2 heterocycles. The van der Waals surface area contributed by atoms with Crippen LogP contribution in [0.15, 0.2) is 23.1 Å². The first-order valence-electron chi connectivity index (χ1n) is 7.64. The summed E-state index contributed by atoms with van der Waals surface area (Å²) in [6.45, 7) is 1.60. The van der Waals surface area contributed by atoms with Crippen molar-refractivity contribution >= 4 is 52.1 Å². The standard InChI is InChI=1S/C16H15N3O5S2/c1-9(20)17-18-14(21)4-5-19-15(22)13(26-16(19)25)7-10-2-3-11-12(6-10)24-8-23-11/h2-3,6-7H,4-5,8H2,1H3,(H,17,20)(H,18,21)/b13-7+. The number of nitrogens with zero attached hydrogens (tertiary/aromatic N) is 1. The number of thiocarbonyl (C=S) groups is 1. The first-order valence-corrected chi connectivity index (χ1v) is 8.87. The first-order chi connectivity index (χ1) is 12.4. The highest BCUT2D eigenvalue weighted by Crippen LogP contribution is 2.36. The summed E-state index contributed by atoms with van der Waals surface area (Å²) in [6, 6.07) is 5.39. The van der Waals surface area contributed by atoms with E-state index in [9.17, 15) is 14.4 Å². The summed E-state index contributed by atoms with van der Waals surface area (Å²) in [5.74, 6) is 0.248. The molecule has 26 heavy (non-hydrogen) atoms. The van der Waals surface area contributed by atoms with Gasteiger partial charge >= 0.3 is 0 Å². The van der Waals surface area contributed by atoms with Crippen LogP contribution in [0.25, 0.3) is 6.08 Å². The maximum atomic E-state index is 12.5. The van der Waals surface area contributed by atoms with Crippen LogP contribution in [0, 0.1) is 0 Å². The third-order valence-corrected chi connectivity index (χ3v) is 4.89. The maximum absolute atomic E-state index is 12.5. The molecular formula is C16H15N3O5S2. The molecular weight excluding hydrogens is 378 g/mol. The van der Waals surface area contributed by atoms with Gasteiger partial charge in [-0.15, -0.1) is 0 Å². The largest absolute Gasteiger partial charge is 0.454 e. The number of carbonyl (C=O) groups is 3. The van der Waals surface area contributed by atoms with E-state index >= 15 is 0 Å². The normalized spacial score (nSPS) is 17.0. The molecule has 0 radical (unpaired) electrons. The number of rotatable bonds is 4. The SMILES string of the molecule is CC(=O)NNC(=O)CCN1C(=O)/C(=C\c2ccc3c(c2)OCO3)SC1=S. The second kappa shape index (κ2) is 7.75. The van der Waals surface area contributed by atoms with E-state index < -0.39 is 5.91 Å². The van der Waals surface area contributed by atoms with Gasteiger partial charge in [0.2, 0.25) is 18.6 Å². The summed E-state index contributed by atoms with van der Waals surface area (Å²) in [6.07, 6.45) is 1.74. The van der Waals surface area contributed by atoms with Crippen molar-refractivity contribution in [3.63, 3.8) is 0 Å². The van der Waals surface area contributed by atoms with Crippen LogP contribution in [0.2, 0.25) is 0 Å². The minimum absolute atomic E-state index is 0.0179. The number of hydrogen-bond acceptors (Lipinski definition) is 7. The van der Waals surface area contributed by atoms with E-state index in [0.717, 1.165) is 5.56 Å². The molecule has 2 aliphatic rings. The highest BCUT2D eigenvalue weighted by Gasteiger charge is 2.32. The molecule has 2 N–H and O–H groups in total. The highest BCUT2D eigenvalue weighted by atomic mass is 32.2. The molecule has 10 heteroatoms. The third kappa shape index (κ3) is 4.14. The van der Waals surface area contributed by atoms with Crippen LogP contribution in [-0.2, 0) is 14.4 Å². The molecule has 0 bridgehead atoms. The molecule has 0 unspecified atom stereocenters. The van der Waals surface area contributed by atoms with Crippen molar-refractivity contribution in [2.24, 2.45) is 0 Å². The Morgan fingerprint density at radius 1 is 1.31 bits per heavy atom. The number of carbonyl (C=O) groups excluding carboxylic acids is 3. The van der Waals surface area contributed by atoms with Crippen molar-refractivity contribution in [3.05, 3.63) is 28.7 Å². The second-order valence-corrected chi connectivity index (χ2v) is 7.10. The molecule has 8 nitrogen and oxygen atoms in total. The minimum atomic E-state index is -0.408. The van der Waals surface area contributed by atoms with Crippen LogP contribution < -0.4 is 20.3 Å². The zero-order valence-electron chi connectivity index (χ0n) is 13.7. The lowest BCUT2D eigenvalue weighted by atomic mass is 10.2. The molecule has 2 aliphatic heterocycles. The van der Waals surface area contributed by atoms with Gasteiger partial charge in [-0.05, 0) is 23.8 Å². The van der Waals surface area contributed by atoms with Crippen LogP contribution in [0.4, 0.5) is 0 Å². The number of benzene rings is 1. The van der Waals surface area contributed by atoms with Gasteiger partial charge < -0.3 is 9.47 Å². The van der Waals surface area contributed by atoms with Crippen molar-refractivity contribution in [3.8, 4) is 11.5 Å². The fourth-order valence-electron chi connectivity index (χ4n) is 2.28. The lowest BCUT2D eigenvalue weighted by Crippen LogP contribution is -2.42. The van der Waals surface area contributed by atoms with E-state index in [4.69, 9.17) is 21.7 Å². The highest BCUT2D eigenvalue weighted by molar-refractivity contribution is 8.26. The Morgan fingerprint density at radius 2 is 2.08 bits per heavy atom. The Labute approximate surface area is 158 Å². The number of ether oxygens (including phenoxy) is 2. The molecule has 1 fully saturated rings. The van der Waals surface area contributed by atoms with Crippen LogP contribution >= 0.6 is 24.0 Å². The molecule has 3 rings (SSSR count). The van der Waals surface area contributed by atoms with Gasteiger partial charge in [0.15, 0.2) is 11.5 Å². The number of fused-ring (bicyclic) bond motifs is 1. The Morgan fingerprint density at radius 3 is 2.85 bits per heavy atom. The zero-order valence-corrected chi connectivity index (χ0v) is 15.4. The quantitative estimate of drug-likeness (QED) is 0.450. The van der Waals surface area contributed by atoms with E-state index in [2.05, 4.69) is 10.9 Å². The van der Waals surface area contributed by atoms with Crippen molar-refractivity contribution < 1.29 is 23.9 Å². The molecule has 0 spiro atoms. The molecule has 0 aliphatic carbocycles. The smallest absolute Gasteiger partial charge is 0.266 e. The second-order valence-electron chi connectivity index (χ2n) is 5.43. The molecule has 1 aromatic carbocycles. The number of hydrazine groups is 1. The summed E-state index contributed by atoms with van der Waals surface area (Å²) in [5.41, 5.74) is 5.23. The fourth-order valence-corrected chi connectivity index (χ4v) is 3.59. The van der Waals surface area contributed by atoms with E-state index in [1.807, 2.05) is 6.07 Å². The molecule has 1 aromatic rings. The van der Waals surface area contributed by atoms with Crippen LogP contribution in [0.3, 0.4) is 0 Å². The summed E-state index contributed by atoms with van der Waals surface area (Å²) in [4.78, 5) is 36.8. The van der Waals surface area contributed by atoms with Crippen LogP contribution in [-0.4, -0.2) is 40.3 Å². The van der Waals surface area contributed by atoms with Crippen molar-refractivity contribution in [2.75, 3.05) is 13.3 Å². The molecule has 0 atom stereocenters. The van der Waals surface area contributed by atoms with Crippen LogP contribution in [0.5, 0.6) is 11.5 Å². The Bertz CT molecular complexity index is 824. The Hall–Kier alpha value is -2.59. The molecule has 0 aromatic heterocycles. The van der Waals surface area contributed by atoms with Crippen molar-refractivity contribution in [2.45, 2.75) is 13.3 Å². The lowest BCUT2D eigenvalue weighted by molar-refractivity contribution is -0.128. The average Bonchev–Trinajstić information content (AvgIpc) is 3.16. The molecule has 0 saturated carbocycles. The van der Waals surface area contributed by atoms with Crippen molar-refractivity contribution in [1.82, 2.24) is 15.8 Å². The van der Waals surface area contributed by atoms with Gasteiger partial charge in [0.25, 0.3) is 5.91 Å². The molecule has 3 amide bonds. The van der Waals surface area contributed by atoms with E-state index in [1.165, 1.54) is 23.6 Å². The van der Waals surface area contributed by atoms with E-state index in [1.54, 1.807) is 18.2 Å². The predicted molar refractivity (Wildman–Crippen MR) is 99.0 cm³/mol. The topological polar surface area (TPSA) is 97.0 Å². The molecule has 1 saturated heterocycles. The van der Waals surface area contributed by atoms with Gasteiger partial charge in [-0.25, -0.2) is 0 Å². The summed E-state index contributed by atoms with van der Waals surface area (Å²) >= 11 is 6.40. The zero-order chi connectivity index (χ0) is 18.7.